The van der Waals surface area contributed by atoms with Gasteiger partial charge in [0.2, 0.25) is 0 Å². The van der Waals surface area contributed by atoms with Crippen molar-refractivity contribution in [3.8, 4) is 16.9 Å². The van der Waals surface area contributed by atoms with Crippen molar-refractivity contribution in [2.75, 3.05) is 13.2 Å². The molecule has 0 spiro atoms. The maximum Gasteiger partial charge on any atom is 0.454 e. The topological polar surface area (TPSA) is 87.2 Å². The lowest BCUT2D eigenvalue weighted by molar-refractivity contribution is -0.0885. The van der Waals surface area contributed by atoms with Crippen LogP contribution in [0.25, 0.3) is 21.2 Å². The summed E-state index contributed by atoms with van der Waals surface area (Å²) >= 11 is 7.35. The molecule has 1 heterocycles. The Morgan fingerprint density at radius 1 is 0.923 bits per heavy atom. The van der Waals surface area contributed by atoms with Crippen LogP contribution in [0.4, 0.5) is 26.7 Å². The highest BCUT2D eigenvalue weighted by molar-refractivity contribution is 7.21. The third kappa shape index (κ3) is 8.36. The number of ether oxygens (including phenoxy) is 1. The quantitative estimate of drug-likeness (QED) is 0.128. The molecule has 0 unspecified atom stereocenters. The number of hydrogen-bond donors (Lipinski definition) is 1. The summed E-state index contributed by atoms with van der Waals surface area (Å²) in [6.07, 6.45) is -3.79. The standard InChI is InChI=1S/C38H38ClF5N2O5S/c1-5-51-29-17-12-24(22-8-10-23(11-9-22)34(47)38(42,43)44)18-25(29)20-45(26-13-6-21(7-14-26)19-46(36(49)50)37(2,3)4)35(48)33-31(39)30-27(40)15-16-28(41)32(30)52-33/h8-12,15-18,21,26H,5-7,13-14,19-20H2,1-4H3,(H,49,50). The second-order valence-corrected chi connectivity index (χ2v) is 15.2. The fraction of sp³-hybridized carbons (Fsp3) is 0.395. The van der Waals surface area contributed by atoms with E-state index < -0.39 is 46.7 Å². The third-order valence-electron chi connectivity index (χ3n) is 9.31. The molecule has 7 nitrogen and oxygen atoms in total. The number of ketones is 1. The molecule has 278 valence electrons. The number of alkyl halides is 3. The SMILES string of the molecule is CCOc1ccc(-c2ccc(C(=O)C(F)(F)F)cc2)cc1CN(C(=O)c1sc2c(F)ccc(F)c2c1Cl)C1CCC(CN(C(=O)O)C(C)(C)C)CC1. The van der Waals surface area contributed by atoms with E-state index in [1.54, 1.807) is 30.0 Å². The van der Waals surface area contributed by atoms with Gasteiger partial charge in [0.25, 0.3) is 11.7 Å². The van der Waals surface area contributed by atoms with Crippen LogP contribution in [0.15, 0.2) is 54.6 Å². The second-order valence-electron chi connectivity index (χ2n) is 13.8. The van der Waals surface area contributed by atoms with Gasteiger partial charge >= 0.3 is 12.3 Å². The maximum atomic E-state index is 14.9. The van der Waals surface area contributed by atoms with Gasteiger partial charge in [-0.3, -0.25) is 9.59 Å². The number of carboxylic acid groups (broad SMARTS) is 1. The van der Waals surface area contributed by atoms with E-state index in [1.807, 2.05) is 20.8 Å². The molecular formula is C38H38ClF5N2O5S. The molecule has 0 saturated heterocycles. The van der Waals surface area contributed by atoms with Gasteiger partial charge in [0.15, 0.2) is 0 Å². The van der Waals surface area contributed by atoms with Gasteiger partial charge < -0.3 is 19.6 Å². The molecule has 1 fully saturated rings. The summed E-state index contributed by atoms with van der Waals surface area (Å²) in [6.45, 7) is 7.87. The van der Waals surface area contributed by atoms with E-state index in [1.165, 1.54) is 17.0 Å². The number of rotatable bonds is 10. The number of Topliss-reactive ketones (excluding diaryl/α,β-unsaturated/α-hetero) is 1. The molecule has 1 aliphatic rings. The number of fused-ring (bicyclic) bond motifs is 1. The van der Waals surface area contributed by atoms with Gasteiger partial charge in [-0.25, -0.2) is 13.6 Å². The largest absolute Gasteiger partial charge is 0.494 e. The number of hydrogen-bond acceptors (Lipinski definition) is 5. The average molecular weight is 765 g/mol. The van der Waals surface area contributed by atoms with E-state index >= 15 is 0 Å². The minimum atomic E-state index is -5.01. The fourth-order valence-corrected chi connectivity index (χ4v) is 8.11. The van der Waals surface area contributed by atoms with Crippen LogP contribution in [-0.4, -0.2) is 63.6 Å². The Balaban J connectivity index is 1.51. The van der Waals surface area contributed by atoms with Crippen LogP contribution in [0, 0.1) is 17.6 Å². The minimum Gasteiger partial charge on any atom is -0.494 e. The van der Waals surface area contributed by atoms with Gasteiger partial charge in [0.05, 0.1) is 21.7 Å². The first kappa shape index (κ1) is 39.0. The van der Waals surface area contributed by atoms with Crippen molar-refractivity contribution >= 4 is 50.8 Å². The van der Waals surface area contributed by atoms with E-state index in [-0.39, 0.29) is 45.1 Å². The van der Waals surface area contributed by atoms with Crippen LogP contribution in [0.5, 0.6) is 5.75 Å². The Hall–Kier alpha value is -4.23. The van der Waals surface area contributed by atoms with Crippen LogP contribution in [-0.2, 0) is 6.54 Å². The molecular weight excluding hydrogens is 727 g/mol. The zero-order chi connectivity index (χ0) is 38.1. The minimum absolute atomic E-state index is 0.0131. The third-order valence-corrected chi connectivity index (χ3v) is 11.0. The smallest absolute Gasteiger partial charge is 0.454 e. The van der Waals surface area contributed by atoms with Crippen molar-refractivity contribution in [2.24, 2.45) is 5.92 Å². The molecule has 4 aromatic rings. The average Bonchev–Trinajstić information content (AvgIpc) is 3.45. The molecule has 1 aromatic heterocycles. The molecule has 0 atom stereocenters. The first-order valence-corrected chi connectivity index (χ1v) is 17.9. The molecule has 5 rings (SSSR count). The molecule has 1 N–H and O–H groups in total. The summed E-state index contributed by atoms with van der Waals surface area (Å²) in [6, 6.07) is 11.7. The Kier molecular flexibility index (Phi) is 11.5. The van der Waals surface area contributed by atoms with E-state index in [2.05, 4.69) is 0 Å². The Labute approximate surface area is 306 Å². The van der Waals surface area contributed by atoms with E-state index in [0.29, 0.717) is 54.7 Å². The molecule has 1 saturated carbocycles. The molecule has 2 amide bonds. The number of halogens is 6. The van der Waals surface area contributed by atoms with Crippen molar-refractivity contribution in [3.05, 3.63) is 87.3 Å². The van der Waals surface area contributed by atoms with Crippen molar-refractivity contribution in [1.29, 1.82) is 0 Å². The van der Waals surface area contributed by atoms with E-state index in [9.17, 15) is 41.4 Å². The van der Waals surface area contributed by atoms with Crippen molar-refractivity contribution < 1.29 is 46.2 Å². The van der Waals surface area contributed by atoms with Gasteiger partial charge in [0, 0.05) is 35.8 Å². The van der Waals surface area contributed by atoms with Gasteiger partial charge in [-0.2, -0.15) is 13.2 Å². The summed E-state index contributed by atoms with van der Waals surface area (Å²) < 4.78 is 74.5. The molecule has 1 aliphatic carbocycles. The lowest BCUT2D eigenvalue weighted by Crippen LogP contribution is -2.48. The molecule has 0 aliphatic heterocycles. The summed E-state index contributed by atoms with van der Waals surface area (Å²) in [5, 5.41) is 9.47. The normalized spacial score (nSPS) is 16.5. The van der Waals surface area contributed by atoms with Crippen molar-refractivity contribution in [2.45, 2.75) is 77.7 Å². The molecule has 0 radical (unpaired) electrons. The van der Waals surface area contributed by atoms with Crippen molar-refractivity contribution in [1.82, 2.24) is 9.80 Å². The van der Waals surface area contributed by atoms with Crippen LogP contribution < -0.4 is 4.74 Å². The number of carbonyl (C=O) groups excluding carboxylic acids is 2. The number of carbonyl (C=O) groups is 3. The predicted molar refractivity (Wildman–Crippen MR) is 190 cm³/mol. The molecule has 0 bridgehead atoms. The summed E-state index contributed by atoms with van der Waals surface area (Å²) in [7, 11) is 0. The van der Waals surface area contributed by atoms with E-state index in [4.69, 9.17) is 16.3 Å². The first-order chi connectivity index (χ1) is 24.4. The lowest BCUT2D eigenvalue weighted by atomic mass is 9.84. The number of thiophene rings is 1. The Morgan fingerprint density at radius 2 is 1.54 bits per heavy atom. The number of amides is 2. The maximum absolute atomic E-state index is 14.9. The Bertz CT molecular complexity index is 1970. The van der Waals surface area contributed by atoms with Crippen LogP contribution in [0.3, 0.4) is 0 Å². The van der Waals surface area contributed by atoms with Crippen molar-refractivity contribution in [3.63, 3.8) is 0 Å². The summed E-state index contributed by atoms with van der Waals surface area (Å²) in [5.74, 6) is -3.50. The lowest BCUT2D eigenvalue weighted by Gasteiger charge is -2.40. The van der Waals surface area contributed by atoms with Gasteiger partial charge in [0.1, 0.15) is 22.3 Å². The predicted octanol–water partition coefficient (Wildman–Crippen LogP) is 10.6. The first-order valence-electron chi connectivity index (χ1n) is 16.8. The highest BCUT2D eigenvalue weighted by atomic mass is 35.5. The highest BCUT2D eigenvalue weighted by Crippen LogP contribution is 2.41. The van der Waals surface area contributed by atoms with Gasteiger partial charge in [-0.1, -0.05) is 41.9 Å². The zero-order valence-corrected chi connectivity index (χ0v) is 30.5. The van der Waals surface area contributed by atoms with E-state index in [0.717, 1.165) is 35.6 Å². The molecule has 52 heavy (non-hydrogen) atoms. The molecule has 14 heteroatoms. The monoisotopic (exact) mass is 764 g/mol. The fourth-order valence-electron chi connectivity index (χ4n) is 6.61. The van der Waals surface area contributed by atoms with Gasteiger partial charge in [-0.15, -0.1) is 11.3 Å². The summed E-state index contributed by atoms with van der Waals surface area (Å²) in [4.78, 5) is 41.3. The second kappa shape index (κ2) is 15.4. The van der Waals surface area contributed by atoms with Crippen LogP contribution in [0.2, 0.25) is 5.02 Å². The zero-order valence-electron chi connectivity index (χ0n) is 29.0. The number of nitrogens with zero attached hydrogens (tertiary/aromatic N) is 2. The van der Waals surface area contributed by atoms with Crippen LogP contribution in [0.1, 0.15) is 79.0 Å². The highest BCUT2D eigenvalue weighted by Gasteiger charge is 2.39. The van der Waals surface area contributed by atoms with Crippen LogP contribution >= 0.6 is 22.9 Å². The molecule has 3 aromatic carbocycles. The van der Waals surface area contributed by atoms with Gasteiger partial charge in [-0.05, 0) is 94.7 Å². The number of benzene rings is 3. The Morgan fingerprint density at radius 3 is 2.10 bits per heavy atom. The summed E-state index contributed by atoms with van der Waals surface area (Å²) in [5.41, 5.74) is 0.547.